The van der Waals surface area contributed by atoms with Crippen LogP contribution in [0.1, 0.15) is 44.0 Å². The lowest BCUT2D eigenvalue weighted by molar-refractivity contribution is 0.0965. The summed E-state index contributed by atoms with van der Waals surface area (Å²) in [5.41, 5.74) is 1.94. The molecule has 0 unspecified atom stereocenters. The molecular formula is C20H27N5O3. The normalized spacial score (nSPS) is 11.2. The molecule has 0 saturated heterocycles. The van der Waals surface area contributed by atoms with Gasteiger partial charge in [0.25, 0.3) is 0 Å². The number of carbonyl (C=O) groups is 1. The minimum atomic E-state index is -0.155. The topological polar surface area (TPSA) is 94.5 Å². The summed E-state index contributed by atoms with van der Waals surface area (Å²) in [6.45, 7) is 5.95. The summed E-state index contributed by atoms with van der Waals surface area (Å²) in [5, 5.41) is 17.0. The van der Waals surface area contributed by atoms with E-state index in [0.717, 1.165) is 18.4 Å². The van der Waals surface area contributed by atoms with E-state index >= 15 is 0 Å². The molecule has 3 aromatic rings. The third-order valence-electron chi connectivity index (χ3n) is 4.56. The minimum Gasteiger partial charge on any atom is -0.497 e. The Morgan fingerprint density at radius 2 is 1.96 bits per heavy atom. The Bertz CT molecular complexity index is 1060. The van der Waals surface area contributed by atoms with Crippen LogP contribution in [0.3, 0.4) is 0 Å². The molecule has 0 aliphatic heterocycles. The van der Waals surface area contributed by atoms with Crippen LogP contribution in [0.25, 0.3) is 5.65 Å². The first-order valence-electron chi connectivity index (χ1n) is 9.32. The first kappa shape index (κ1) is 19.6. The fourth-order valence-electron chi connectivity index (χ4n) is 2.96. The van der Waals surface area contributed by atoms with Crippen molar-refractivity contribution in [2.24, 2.45) is 0 Å². The van der Waals surface area contributed by atoms with Gasteiger partial charge >= 0.3 is 0 Å². The number of hydrogen-bond acceptors (Lipinski definition) is 6. The number of Topliss-reactive ketones (excluding diaryl/α,β-unsaturated/α-hetero) is 1. The molecule has 0 bridgehead atoms. The maximum absolute atomic E-state index is 12.7. The van der Waals surface area contributed by atoms with Crippen molar-refractivity contribution in [3.05, 3.63) is 47.1 Å². The molecular weight excluding hydrogens is 358 g/mol. The Morgan fingerprint density at radius 3 is 2.64 bits per heavy atom. The van der Waals surface area contributed by atoms with Gasteiger partial charge in [-0.1, -0.05) is 13.8 Å². The van der Waals surface area contributed by atoms with E-state index < -0.39 is 0 Å². The highest BCUT2D eigenvalue weighted by atomic mass is 16.5. The number of hydrogen-bond donors (Lipinski definition) is 1. The van der Waals surface area contributed by atoms with Crippen LogP contribution < -0.4 is 15.1 Å². The Balaban J connectivity index is 0.00000300. The van der Waals surface area contributed by atoms with Crippen LogP contribution in [-0.2, 0) is 6.54 Å². The van der Waals surface area contributed by atoms with Crippen LogP contribution in [0.5, 0.6) is 11.6 Å². The summed E-state index contributed by atoms with van der Waals surface area (Å²) in [4.78, 5) is 12.7. The molecule has 0 spiro atoms. The van der Waals surface area contributed by atoms with Gasteiger partial charge in [0.1, 0.15) is 12.3 Å². The van der Waals surface area contributed by atoms with E-state index in [1.165, 1.54) is 9.20 Å². The van der Waals surface area contributed by atoms with Crippen molar-refractivity contribution in [1.29, 1.82) is 5.41 Å². The van der Waals surface area contributed by atoms with Crippen molar-refractivity contribution in [3.8, 4) is 11.6 Å². The van der Waals surface area contributed by atoms with Gasteiger partial charge in [-0.3, -0.25) is 10.2 Å². The molecule has 2 heterocycles. The Hall–Kier alpha value is -3.16. The molecule has 0 aliphatic carbocycles. The predicted molar refractivity (Wildman–Crippen MR) is 106 cm³/mol. The number of nitrogens with zero attached hydrogens (tertiary/aromatic N) is 4. The number of rotatable bonds is 8. The van der Waals surface area contributed by atoms with Crippen molar-refractivity contribution in [1.82, 2.24) is 19.4 Å². The zero-order valence-corrected chi connectivity index (χ0v) is 16.6. The second-order valence-corrected chi connectivity index (χ2v) is 6.64. The van der Waals surface area contributed by atoms with Crippen molar-refractivity contribution < 1.29 is 15.7 Å². The molecule has 150 valence electrons. The number of fused-ring (bicyclic) bond motifs is 1. The fraction of sp³-hybridized carbons (Fsp3) is 0.400. The van der Waals surface area contributed by atoms with Crippen LogP contribution in [0.4, 0.5) is 0 Å². The molecule has 3 rings (SSSR count). The second kappa shape index (κ2) is 8.24. The molecule has 0 saturated carbocycles. The van der Waals surface area contributed by atoms with Crippen LogP contribution in [0.15, 0.2) is 30.3 Å². The van der Waals surface area contributed by atoms with Crippen LogP contribution >= 0.6 is 0 Å². The first-order chi connectivity index (χ1) is 13.4. The third kappa shape index (κ3) is 4.05. The molecule has 28 heavy (non-hydrogen) atoms. The van der Waals surface area contributed by atoms with E-state index in [4.69, 9.17) is 14.9 Å². The second-order valence-electron chi connectivity index (χ2n) is 6.64. The zero-order valence-electron chi connectivity index (χ0n) is 16.6. The molecule has 0 atom stereocenters. The van der Waals surface area contributed by atoms with Gasteiger partial charge in [-0.25, -0.2) is 4.68 Å². The first-order valence-corrected chi connectivity index (χ1v) is 9.32. The van der Waals surface area contributed by atoms with Gasteiger partial charge < -0.3 is 9.47 Å². The number of nitrogens with one attached hydrogen (secondary N) is 1. The molecule has 1 aromatic carbocycles. The monoisotopic (exact) mass is 385 g/mol. The number of methoxy groups -OCH3 is 1. The summed E-state index contributed by atoms with van der Waals surface area (Å²) >= 11 is 0. The van der Waals surface area contributed by atoms with E-state index in [1.54, 1.807) is 31.4 Å². The average molecular weight is 385 g/mol. The highest BCUT2D eigenvalue weighted by Crippen LogP contribution is 2.17. The summed E-state index contributed by atoms with van der Waals surface area (Å²) in [5.74, 6) is 0.908. The molecule has 1 N–H and O–H groups in total. The van der Waals surface area contributed by atoms with E-state index in [2.05, 4.69) is 24.0 Å². The lowest BCUT2D eigenvalue weighted by Gasteiger charge is -2.14. The van der Waals surface area contributed by atoms with Gasteiger partial charge in [-0.2, -0.15) is 4.52 Å². The van der Waals surface area contributed by atoms with E-state index in [-0.39, 0.29) is 25.5 Å². The van der Waals surface area contributed by atoms with E-state index in [9.17, 15) is 4.79 Å². The molecule has 0 fully saturated rings. The molecule has 0 amide bonds. The van der Waals surface area contributed by atoms with Gasteiger partial charge in [0, 0.05) is 13.1 Å². The molecule has 0 radical (unpaired) electrons. The smallest absolute Gasteiger partial charge is 0.242 e. The number of benzene rings is 1. The largest absolute Gasteiger partial charge is 0.497 e. The quantitative estimate of drug-likeness (QED) is 0.602. The van der Waals surface area contributed by atoms with Crippen molar-refractivity contribution in [3.63, 3.8) is 0 Å². The third-order valence-corrected chi connectivity index (χ3v) is 4.56. The lowest BCUT2D eigenvalue weighted by Crippen LogP contribution is -2.26. The molecule has 8 nitrogen and oxygen atoms in total. The van der Waals surface area contributed by atoms with Crippen molar-refractivity contribution in [2.45, 2.75) is 46.3 Å². The van der Waals surface area contributed by atoms with Gasteiger partial charge in [0.15, 0.2) is 11.4 Å². The Morgan fingerprint density at radius 1 is 1.21 bits per heavy atom. The number of aryl methyl sites for hydroxylation is 1. The highest BCUT2D eigenvalue weighted by molar-refractivity contribution is 5.96. The Labute approximate surface area is 164 Å². The molecule has 8 heteroatoms. The van der Waals surface area contributed by atoms with Gasteiger partial charge in [0.2, 0.25) is 11.5 Å². The number of ketones is 1. The minimum absolute atomic E-state index is 0. The predicted octanol–water partition coefficient (Wildman–Crippen LogP) is 3.02. The average Bonchev–Trinajstić information content (AvgIpc) is 3.00. The fourth-order valence-corrected chi connectivity index (χ4v) is 2.96. The number of carbonyl (C=O) groups excluding carboxylic acids is 1. The number of aromatic nitrogens is 4. The summed E-state index contributed by atoms with van der Waals surface area (Å²) in [6.07, 6.45) is 1.83. The van der Waals surface area contributed by atoms with E-state index in [0.29, 0.717) is 22.8 Å². The maximum Gasteiger partial charge on any atom is 0.242 e. The summed E-state index contributed by atoms with van der Waals surface area (Å²) < 4.78 is 13.8. The van der Waals surface area contributed by atoms with E-state index in [1.807, 2.05) is 13.0 Å². The maximum atomic E-state index is 12.7. The van der Waals surface area contributed by atoms with Crippen molar-refractivity contribution >= 4 is 11.4 Å². The van der Waals surface area contributed by atoms with Gasteiger partial charge in [-0.05, 0) is 49.6 Å². The molecule has 0 aliphatic rings. The molecule has 2 aromatic heterocycles. The van der Waals surface area contributed by atoms with Gasteiger partial charge in [-0.15, -0.1) is 10.2 Å². The van der Waals surface area contributed by atoms with Crippen LogP contribution in [0, 0.1) is 12.3 Å². The number of ether oxygens (including phenoxy) is 2. The lowest BCUT2D eigenvalue weighted by atomic mass is 10.1. The standard InChI is InChI=1S/C20H25N5O3.H2/c1-5-15(6-2)28-19-8-7-18-22-24(20(21)25(18)23-19)12-17(26)14-9-13(3)10-16(11-14)27-4;/h7-11,15,21H,5-6,12H2,1-4H3;1H. The van der Waals surface area contributed by atoms with Crippen LogP contribution in [-0.4, -0.2) is 38.4 Å². The Kier molecular flexibility index (Phi) is 5.77. The van der Waals surface area contributed by atoms with Gasteiger partial charge in [0.05, 0.1) is 13.2 Å². The van der Waals surface area contributed by atoms with Crippen LogP contribution in [0.2, 0.25) is 0 Å². The summed E-state index contributed by atoms with van der Waals surface area (Å²) in [7, 11) is 1.56. The SMILES string of the molecule is CCC(CC)Oc1ccc2nn(CC(=O)c3cc(C)cc(OC)c3)c(=N)n2n1.[HH]. The highest BCUT2D eigenvalue weighted by Gasteiger charge is 2.14. The summed E-state index contributed by atoms with van der Waals surface area (Å²) in [6, 6.07) is 8.81. The van der Waals surface area contributed by atoms with Crippen molar-refractivity contribution in [2.75, 3.05) is 7.11 Å². The zero-order chi connectivity index (χ0) is 20.3.